The number of nitrogens with one attached hydrogen (secondary N) is 1. The van der Waals surface area contributed by atoms with Crippen molar-refractivity contribution in [2.75, 3.05) is 6.61 Å². The summed E-state index contributed by atoms with van der Waals surface area (Å²) in [5, 5.41) is 7.13. The molecule has 1 amide bonds. The minimum absolute atomic E-state index is 0.131. The zero-order chi connectivity index (χ0) is 15.8. The Morgan fingerprint density at radius 1 is 1.27 bits per heavy atom. The third kappa shape index (κ3) is 5.87. The predicted molar refractivity (Wildman–Crippen MR) is 91.0 cm³/mol. The SMILES string of the molecule is O=C(CO/N=C\c1ccc(Br)cc1)NCc1cccc(Cl)c1. The van der Waals surface area contributed by atoms with E-state index >= 15 is 0 Å². The minimum atomic E-state index is -0.243. The van der Waals surface area contributed by atoms with Gasteiger partial charge in [-0.3, -0.25) is 4.79 Å². The Morgan fingerprint density at radius 3 is 2.77 bits per heavy atom. The van der Waals surface area contributed by atoms with Crippen molar-refractivity contribution in [3.8, 4) is 0 Å². The van der Waals surface area contributed by atoms with E-state index in [1.165, 1.54) is 0 Å². The van der Waals surface area contributed by atoms with Crippen LogP contribution in [0.1, 0.15) is 11.1 Å². The van der Waals surface area contributed by atoms with Gasteiger partial charge in [-0.2, -0.15) is 0 Å². The summed E-state index contributed by atoms with van der Waals surface area (Å²) in [5.41, 5.74) is 1.82. The summed E-state index contributed by atoms with van der Waals surface area (Å²) < 4.78 is 0.992. The molecule has 2 aromatic rings. The average Bonchev–Trinajstić information content (AvgIpc) is 2.51. The Bertz CT molecular complexity index is 659. The highest BCUT2D eigenvalue weighted by atomic mass is 79.9. The number of rotatable bonds is 6. The highest BCUT2D eigenvalue weighted by Crippen LogP contribution is 2.10. The maximum atomic E-state index is 11.6. The Labute approximate surface area is 142 Å². The van der Waals surface area contributed by atoms with E-state index in [0.29, 0.717) is 11.6 Å². The number of hydrogen-bond donors (Lipinski definition) is 1. The zero-order valence-corrected chi connectivity index (χ0v) is 14.0. The monoisotopic (exact) mass is 380 g/mol. The van der Waals surface area contributed by atoms with Gasteiger partial charge in [-0.25, -0.2) is 0 Å². The lowest BCUT2D eigenvalue weighted by atomic mass is 10.2. The van der Waals surface area contributed by atoms with Crippen LogP contribution in [0.3, 0.4) is 0 Å². The minimum Gasteiger partial charge on any atom is -0.386 e. The topological polar surface area (TPSA) is 50.7 Å². The lowest BCUT2D eigenvalue weighted by Crippen LogP contribution is -2.26. The van der Waals surface area contributed by atoms with Crippen LogP contribution in [-0.4, -0.2) is 18.7 Å². The number of amides is 1. The van der Waals surface area contributed by atoms with Crippen molar-refractivity contribution < 1.29 is 9.63 Å². The van der Waals surface area contributed by atoms with E-state index in [1.807, 2.05) is 36.4 Å². The first-order valence-electron chi connectivity index (χ1n) is 6.55. The highest BCUT2D eigenvalue weighted by molar-refractivity contribution is 9.10. The maximum absolute atomic E-state index is 11.6. The summed E-state index contributed by atoms with van der Waals surface area (Å²) in [5.74, 6) is -0.243. The molecule has 0 spiro atoms. The fourth-order valence-corrected chi connectivity index (χ4v) is 2.12. The van der Waals surface area contributed by atoms with E-state index in [2.05, 4.69) is 26.4 Å². The van der Waals surface area contributed by atoms with Gasteiger partial charge in [0.05, 0.1) is 6.21 Å². The normalized spacial score (nSPS) is 10.6. The number of benzene rings is 2. The summed E-state index contributed by atoms with van der Waals surface area (Å²) in [7, 11) is 0. The fourth-order valence-electron chi connectivity index (χ4n) is 1.64. The van der Waals surface area contributed by atoms with Gasteiger partial charge in [0.1, 0.15) is 0 Å². The van der Waals surface area contributed by atoms with Gasteiger partial charge in [0, 0.05) is 16.0 Å². The molecule has 0 aliphatic rings. The molecule has 0 atom stereocenters. The summed E-state index contributed by atoms with van der Waals surface area (Å²) in [6, 6.07) is 14.9. The van der Waals surface area contributed by atoms with Crippen molar-refractivity contribution in [3.63, 3.8) is 0 Å². The molecule has 4 nitrogen and oxygen atoms in total. The van der Waals surface area contributed by atoms with E-state index in [9.17, 15) is 4.79 Å². The van der Waals surface area contributed by atoms with E-state index in [0.717, 1.165) is 15.6 Å². The van der Waals surface area contributed by atoms with Gasteiger partial charge in [-0.05, 0) is 35.4 Å². The summed E-state index contributed by atoms with van der Waals surface area (Å²) in [4.78, 5) is 16.6. The van der Waals surface area contributed by atoms with Crippen molar-refractivity contribution in [3.05, 3.63) is 69.2 Å². The lowest BCUT2D eigenvalue weighted by Gasteiger charge is -2.04. The van der Waals surface area contributed by atoms with Crippen LogP contribution in [0.25, 0.3) is 0 Å². The second-order valence-corrected chi connectivity index (χ2v) is 5.82. The molecule has 0 bridgehead atoms. The van der Waals surface area contributed by atoms with Gasteiger partial charge >= 0.3 is 0 Å². The Balaban J connectivity index is 1.70. The summed E-state index contributed by atoms with van der Waals surface area (Å²) in [6.45, 7) is 0.271. The molecule has 114 valence electrons. The van der Waals surface area contributed by atoms with E-state index in [4.69, 9.17) is 16.4 Å². The largest absolute Gasteiger partial charge is 0.386 e. The van der Waals surface area contributed by atoms with Gasteiger partial charge in [-0.1, -0.05) is 57.0 Å². The highest BCUT2D eigenvalue weighted by Gasteiger charge is 2.01. The van der Waals surface area contributed by atoms with Crippen LogP contribution >= 0.6 is 27.5 Å². The van der Waals surface area contributed by atoms with E-state index in [-0.39, 0.29) is 12.5 Å². The molecule has 1 N–H and O–H groups in total. The van der Waals surface area contributed by atoms with Crippen LogP contribution in [0.2, 0.25) is 5.02 Å². The number of carbonyl (C=O) groups is 1. The second-order valence-electron chi connectivity index (χ2n) is 4.47. The number of hydrogen-bond acceptors (Lipinski definition) is 3. The van der Waals surface area contributed by atoms with E-state index in [1.54, 1.807) is 18.3 Å². The number of carbonyl (C=O) groups excluding carboxylic acids is 1. The standard InChI is InChI=1S/C16H14BrClN2O2/c17-14-6-4-12(5-7-14)10-20-22-11-16(21)19-9-13-2-1-3-15(18)8-13/h1-8,10H,9,11H2,(H,19,21)/b20-10-. The van der Waals surface area contributed by atoms with Gasteiger partial charge in [0.15, 0.2) is 6.61 Å². The van der Waals surface area contributed by atoms with Crippen LogP contribution in [0.15, 0.2) is 58.2 Å². The number of nitrogens with zero attached hydrogens (tertiary/aromatic N) is 1. The first-order chi connectivity index (χ1) is 10.6. The smallest absolute Gasteiger partial charge is 0.261 e. The summed E-state index contributed by atoms with van der Waals surface area (Å²) >= 11 is 9.22. The summed E-state index contributed by atoms with van der Waals surface area (Å²) in [6.07, 6.45) is 1.55. The molecule has 0 unspecified atom stereocenters. The van der Waals surface area contributed by atoms with Crippen LogP contribution in [-0.2, 0) is 16.2 Å². The van der Waals surface area contributed by atoms with Crippen LogP contribution in [0.5, 0.6) is 0 Å². The quantitative estimate of drug-likeness (QED) is 0.612. The van der Waals surface area contributed by atoms with Crippen LogP contribution < -0.4 is 5.32 Å². The maximum Gasteiger partial charge on any atom is 0.261 e. The molecule has 0 aromatic heterocycles. The second kappa shape index (κ2) is 8.56. The molecule has 0 aliphatic carbocycles. The molecule has 0 aliphatic heterocycles. The predicted octanol–water partition coefficient (Wildman–Crippen LogP) is 3.77. The molecule has 0 saturated heterocycles. The molecule has 6 heteroatoms. The third-order valence-electron chi connectivity index (χ3n) is 2.72. The zero-order valence-electron chi connectivity index (χ0n) is 11.6. The Kier molecular flexibility index (Phi) is 6.43. The van der Waals surface area contributed by atoms with Gasteiger partial charge in [0.25, 0.3) is 5.91 Å². The molecule has 2 aromatic carbocycles. The third-order valence-corrected chi connectivity index (χ3v) is 3.48. The molecule has 0 heterocycles. The lowest BCUT2D eigenvalue weighted by molar-refractivity contribution is -0.125. The first kappa shape index (κ1) is 16.5. The molecular formula is C16H14BrClN2O2. The Morgan fingerprint density at radius 2 is 2.05 bits per heavy atom. The van der Waals surface area contributed by atoms with Gasteiger partial charge in [-0.15, -0.1) is 0 Å². The number of oxime groups is 1. The van der Waals surface area contributed by atoms with Gasteiger partial charge < -0.3 is 10.2 Å². The van der Waals surface area contributed by atoms with Crippen molar-refractivity contribution in [1.82, 2.24) is 5.32 Å². The van der Waals surface area contributed by atoms with Crippen molar-refractivity contribution in [2.45, 2.75) is 6.54 Å². The van der Waals surface area contributed by atoms with Crippen LogP contribution in [0, 0.1) is 0 Å². The number of halogens is 2. The molecule has 0 fully saturated rings. The van der Waals surface area contributed by atoms with Crippen LogP contribution in [0.4, 0.5) is 0 Å². The molecule has 2 rings (SSSR count). The Hall–Kier alpha value is -1.85. The van der Waals surface area contributed by atoms with Crippen molar-refractivity contribution >= 4 is 39.7 Å². The van der Waals surface area contributed by atoms with Gasteiger partial charge in [0.2, 0.25) is 0 Å². The van der Waals surface area contributed by atoms with Crippen molar-refractivity contribution in [2.24, 2.45) is 5.16 Å². The van der Waals surface area contributed by atoms with Crippen molar-refractivity contribution in [1.29, 1.82) is 0 Å². The van der Waals surface area contributed by atoms with E-state index < -0.39 is 0 Å². The molecule has 0 radical (unpaired) electrons. The first-order valence-corrected chi connectivity index (χ1v) is 7.72. The fraction of sp³-hybridized carbons (Fsp3) is 0.125. The molecule has 0 saturated carbocycles. The molecule has 22 heavy (non-hydrogen) atoms. The average molecular weight is 382 g/mol. The molecular weight excluding hydrogens is 368 g/mol.